The summed E-state index contributed by atoms with van der Waals surface area (Å²) in [6, 6.07) is 3.90. The molecule has 3 rings (SSSR count). The normalized spacial score (nSPS) is 19.1. The van der Waals surface area contributed by atoms with Gasteiger partial charge in [-0.2, -0.15) is 0 Å². The van der Waals surface area contributed by atoms with Gasteiger partial charge in [-0.05, 0) is 42.4 Å². The Labute approximate surface area is 113 Å². The maximum Gasteiger partial charge on any atom is 0.323 e. The van der Waals surface area contributed by atoms with Gasteiger partial charge in [-0.15, -0.1) is 0 Å². The van der Waals surface area contributed by atoms with Gasteiger partial charge in [0.2, 0.25) is 0 Å². The number of hydrogen-bond acceptors (Lipinski definition) is 2. The Morgan fingerprint density at radius 3 is 2.56 bits per heavy atom. The Morgan fingerprint density at radius 2 is 1.94 bits per heavy atom. The van der Waals surface area contributed by atoms with Crippen molar-refractivity contribution in [2.75, 3.05) is 0 Å². The number of rotatable bonds is 3. The Kier molecular flexibility index (Phi) is 2.83. The van der Waals surface area contributed by atoms with E-state index in [1.54, 1.807) is 0 Å². The minimum Gasteiger partial charge on any atom is -0.324 e. The van der Waals surface area contributed by atoms with Crippen molar-refractivity contribution in [2.45, 2.75) is 25.8 Å². The van der Waals surface area contributed by atoms with Crippen molar-refractivity contribution in [2.24, 2.45) is 17.6 Å². The first kappa shape index (κ1) is 12.0. The van der Waals surface area contributed by atoms with Crippen LogP contribution in [0.5, 0.6) is 0 Å². The smallest absolute Gasteiger partial charge is 0.323 e. The molecule has 1 aliphatic rings. The lowest BCUT2D eigenvalue weighted by atomic mass is 9.91. The second kappa shape index (κ2) is 4.24. The zero-order chi connectivity index (χ0) is 12.9. The standard InChI is InChI=1S/C13H16BrN3O/c1-6(7-2-3-7)12(15)8-4-10-11(5-9(8)14)17-13(18)16-10/h4-7,12H,2-3,15H2,1H3,(H2,16,17,18). The number of nitrogens with one attached hydrogen (secondary N) is 2. The molecular weight excluding hydrogens is 294 g/mol. The predicted octanol–water partition coefficient (Wildman–Crippen LogP) is 2.66. The second-order valence-corrected chi connectivity index (χ2v) is 6.08. The molecule has 2 aromatic rings. The fourth-order valence-corrected chi connectivity index (χ4v) is 3.13. The third kappa shape index (κ3) is 2.01. The van der Waals surface area contributed by atoms with E-state index in [4.69, 9.17) is 5.73 Å². The molecule has 0 saturated heterocycles. The summed E-state index contributed by atoms with van der Waals surface area (Å²) in [5.41, 5.74) is 8.85. The van der Waals surface area contributed by atoms with E-state index >= 15 is 0 Å². The molecule has 0 bridgehead atoms. The highest BCUT2D eigenvalue weighted by molar-refractivity contribution is 9.10. The Morgan fingerprint density at radius 1 is 1.33 bits per heavy atom. The van der Waals surface area contributed by atoms with Crippen LogP contribution in [0, 0.1) is 11.8 Å². The summed E-state index contributed by atoms with van der Waals surface area (Å²) in [5, 5.41) is 0. The molecule has 4 nitrogen and oxygen atoms in total. The lowest BCUT2D eigenvalue weighted by Gasteiger charge is -2.21. The minimum atomic E-state index is -0.183. The van der Waals surface area contributed by atoms with Crippen LogP contribution in [0.25, 0.3) is 11.0 Å². The summed E-state index contributed by atoms with van der Waals surface area (Å²) in [7, 11) is 0. The van der Waals surface area contributed by atoms with Crippen molar-refractivity contribution in [3.8, 4) is 0 Å². The van der Waals surface area contributed by atoms with Crippen LogP contribution in [0.15, 0.2) is 21.4 Å². The molecule has 1 aromatic carbocycles. The van der Waals surface area contributed by atoms with Crippen LogP contribution in [0.4, 0.5) is 0 Å². The van der Waals surface area contributed by atoms with Gasteiger partial charge in [-0.25, -0.2) is 4.79 Å². The Balaban J connectivity index is 2.04. The number of aromatic amines is 2. The van der Waals surface area contributed by atoms with Gasteiger partial charge in [-0.3, -0.25) is 0 Å². The predicted molar refractivity (Wildman–Crippen MR) is 75.4 cm³/mol. The average Bonchev–Trinajstić information content (AvgIpc) is 3.09. The highest BCUT2D eigenvalue weighted by Crippen LogP contribution is 2.43. The number of H-pyrrole nitrogens is 2. The molecule has 1 heterocycles. The molecule has 1 aromatic heterocycles. The van der Waals surface area contributed by atoms with Crippen molar-refractivity contribution in [3.05, 3.63) is 32.7 Å². The summed E-state index contributed by atoms with van der Waals surface area (Å²) in [6.07, 6.45) is 2.57. The van der Waals surface area contributed by atoms with Gasteiger partial charge in [0.25, 0.3) is 0 Å². The SMILES string of the molecule is CC(C1CC1)C(N)c1cc2[nH]c(=O)[nH]c2cc1Br. The second-order valence-electron chi connectivity index (χ2n) is 5.22. The number of aromatic nitrogens is 2. The van der Waals surface area contributed by atoms with Gasteiger partial charge in [0.05, 0.1) is 11.0 Å². The van der Waals surface area contributed by atoms with E-state index in [1.807, 2.05) is 12.1 Å². The van der Waals surface area contributed by atoms with Gasteiger partial charge in [0, 0.05) is 10.5 Å². The summed E-state index contributed by atoms with van der Waals surface area (Å²) >= 11 is 3.55. The van der Waals surface area contributed by atoms with Crippen LogP contribution in [-0.2, 0) is 0 Å². The highest BCUT2D eigenvalue weighted by atomic mass is 79.9. The topological polar surface area (TPSA) is 74.7 Å². The molecular formula is C13H16BrN3O. The number of nitrogens with two attached hydrogens (primary N) is 1. The van der Waals surface area contributed by atoms with Crippen molar-refractivity contribution in [1.29, 1.82) is 0 Å². The molecule has 0 aliphatic heterocycles. The molecule has 96 valence electrons. The average molecular weight is 310 g/mol. The van der Waals surface area contributed by atoms with Crippen molar-refractivity contribution in [1.82, 2.24) is 9.97 Å². The van der Waals surface area contributed by atoms with E-state index in [9.17, 15) is 4.79 Å². The molecule has 0 radical (unpaired) electrons. The van der Waals surface area contributed by atoms with Crippen LogP contribution in [0.2, 0.25) is 0 Å². The third-order valence-corrected chi connectivity index (χ3v) is 4.61. The molecule has 4 N–H and O–H groups in total. The maximum atomic E-state index is 11.3. The maximum absolute atomic E-state index is 11.3. The lowest BCUT2D eigenvalue weighted by molar-refractivity contribution is 0.416. The zero-order valence-electron chi connectivity index (χ0n) is 10.2. The molecule has 0 amide bonds. The first-order valence-electron chi connectivity index (χ1n) is 6.23. The van der Waals surface area contributed by atoms with Gasteiger partial charge >= 0.3 is 5.69 Å². The van der Waals surface area contributed by atoms with E-state index in [2.05, 4.69) is 32.8 Å². The molecule has 5 heteroatoms. The van der Waals surface area contributed by atoms with E-state index in [0.717, 1.165) is 27.0 Å². The zero-order valence-corrected chi connectivity index (χ0v) is 11.8. The van der Waals surface area contributed by atoms with Gasteiger partial charge in [-0.1, -0.05) is 22.9 Å². The van der Waals surface area contributed by atoms with E-state index in [0.29, 0.717) is 5.92 Å². The highest BCUT2D eigenvalue weighted by Gasteiger charge is 2.33. The molecule has 1 saturated carbocycles. The molecule has 1 fully saturated rings. The first-order valence-corrected chi connectivity index (χ1v) is 7.02. The number of benzene rings is 1. The van der Waals surface area contributed by atoms with Gasteiger partial charge < -0.3 is 15.7 Å². The van der Waals surface area contributed by atoms with Crippen molar-refractivity contribution in [3.63, 3.8) is 0 Å². The summed E-state index contributed by atoms with van der Waals surface area (Å²) in [5.74, 6) is 1.23. The fourth-order valence-electron chi connectivity index (χ4n) is 2.53. The molecule has 2 atom stereocenters. The van der Waals surface area contributed by atoms with Crippen LogP contribution in [0.3, 0.4) is 0 Å². The van der Waals surface area contributed by atoms with Crippen molar-refractivity contribution >= 4 is 27.0 Å². The van der Waals surface area contributed by atoms with Gasteiger partial charge in [0.15, 0.2) is 0 Å². The van der Waals surface area contributed by atoms with Crippen molar-refractivity contribution < 1.29 is 0 Å². The monoisotopic (exact) mass is 309 g/mol. The number of fused-ring (bicyclic) bond motifs is 1. The molecule has 0 spiro atoms. The third-order valence-electron chi connectivity index (χ3n) is 3.92. The molecule has 18 heavy (non-hydrogen) atoms. The summed E-state index contributed by atoms with van der Waals surface area (Å²) in [6.45, 7) is 2.21. The largest absolute Gasteiger partial charge is 0.324 e. The number of halogens is 1. The minimum absolute atomic E-state index is 0.00896. The van der Waals surface area contributed by atoms with E-state index in [-0.39, 0.29) is 11.7 Å². The summed E-state index contributed by atoms with van der Waals surface area (Å²) < 4.78 is 0.963. The van der Waals surface area contributed by atoms with Gasteiger partial charge in [0.1, 0.15) is 0 Å². The van der Waals surface area contributed by atoms with Crippen LogP contribution < -0.4 is 11.4 Å². The fraction of sp³-hybridized carbons (Fsp3) is 0.462. The Bertz CT molecular complexity index is 641. The van der Waals surface area contributed by atoms with Crippen LogP contribution in [-0.4, -0.2) is 9.97 Å². The van der Waals surface area contributed by atoms with E-state index in [1.165, 1.54) is 12.8 Å². The quantitative estimate of drug-likeness (QED) is 0.815. The number of imidazole rings is 1. The lowest BCUT2D eigenvalue weighted by Crippen LogP contribution is -2.21. The molecule has 1 aliphatic carbocycles. The first-order chi connectivity index (χ1) is 8.56. The molecule has 2 unspecified atom stereocenters. The van der Waals surface area contributed by atoms with Crippen LogP contribution in [0.1, 0.15) is 31.4 Å². The van der Waals surface area contributed by atoms with E-state index < -0.39 is 0 Å². The summed E-state index contributed by atoms with van der Waals surface area (Å²) in [4.78, 5) is 16.8. The Hall–Kier alpha value is -1.07. The van der Waals surface area contributed by atoms with Crippen LogP contribution >= 0.6 is 15.9 Å². The number of hydrogen-bond donors (Lipinski definition) is 3.